The first-order chi connectivity index (χ1) is 9.54. The summed E-state index contributed by atoms with van der Waals surface area (Å²) in [4.78, 5) is 24.0. The highest BCUT2D eigenvalue weighted by Gasteiger charge is 2.30. The van der Waals surface area contributed by atoms with E-state index in [-0.39, 0.29) is 23.7 Å². The summed E-state index contributed by atoms with van der Waals surface area (Å²) in [7, 11) is 0. The first-order valence-corrected chi connectivity index (χ1v) is 6.82. The molecular weight excluding hydrogens is 258 g/mol. The molecule has 3 unspecified atom stereocenters. The third-order valence-electron chi connectivity index (χ3n) is 3.76. The Morgan fingerprint density at radius 1 is 1.35 bits per heavy atom. The lowest BCUT2D eigenvalue weighted by atomic mass is 9.95. The smallest absolute Gasteiger partial charge is 0.265 e. The molecule has 1 aromatic rings. The number of rotatable bonds is 2. The Balaban J connectivity index is 1.84. The van der Waals surface area contributed by atoms with Crippen LogP contribution in [-0.2, 0) is 9.53 Å². The van der Waals surface area contributed by atoms with Crippen LogP contribution in [0.2, 0.25) is 0 Å². The number of anilines is 1. The van der Waals surface area contributed by atoms with Crippen molar-refractivity contribution in [3.63, 3.8) is 0 Å². The van der Waals surface area contributed by atoms with Gasteiger partial charge in [-0.3, -0.25) is 9.59 Å². The van der Waals surface area contributed by atoms with Crippen LogP contribution in [0.15, 0.2) is 18.2 Å². The van der Waals surface area contributed by atoms with Crippen molar-refractivity contribution in [1.82, 2.24) is 0 Å². The minimum Gasteiger partial charge on any atom is -0.479 e. The van der Waals surface area contributed by atoms with E-state index in [1.807, 2.05) is 6.92 Å². The predicted octanol–water partition coefficient (Wildman–Crippen LogP) is 2.01. The van der Waals surface area contributed by atoms with Gasteiger partial charge in [0.15, 0.2) is 11.9 Å². The van der Waals surface area contributed by atoms with E-state index in [9.17, 15) is 9.59 Å². The standard InChI is InChI=1S/C15H17NO4/c1-8-5-11(7-19-8)14(17)10-3-4-13-12(6-10)16-15(18)9(2)20-13/h3-4,6,8-9,11H,5,7H2,1-2H3,(H,16,18). The summed E-state index contributed by atoms with van der Waals surface area (Å²) in [6.07, 6.45) is 0.370. The maximum absolute atomic E-state index is 12.4. The first-order valence-electron chi connectivity index (χ1n) is 6.82. The van der Waals surface area contributed by atoms with E-state index in [1.54, 1.807) is 25.1 Å². The van der Waals surface area contributed by atoms with Crippen LogP contribution in [0, 0.1) is 5.92 Å². The molecule has 1 saturated heterocycles. The lowest BCUT2D eigenvalue weighted by Gasteiger charge is -2.23. The van der Waals surface area contributed by atoms with Crippen molar-refractivity contribution in [2.75, 3.05) is 11.9 Å². The van der Waals surface area contributed by atoms with Crippen molar-refractivity contribution in [3.05, 3.63) is 23.8 Å². The largest absolute Gasteiger partial charge is 0.479 e. The Bertz CT molecular complexity index is 569. The molecular formula is C15H17NO4. The Kier molecular flexibility index (Phi) is 3.22. The molecule has 5 nitrogen and oxygen atoms in total. The topological polar surface area (TPSA) is 64.6 Å². The van der Waals surface area contributed by atoms with Crippen LogP contribution in [0.3, 0.4) is 0 Å². The second kappa shape index (κ2) is 4.90. The van der Waals surface area contributed by atoms with Crippen molar-refractivity contribution in [1.29, 1.82) is 0 Å². The second-order valence-electron chi connectivity index (χ2n) is 5.40. The van der Waals surface area contributed by atoms with Gasteiger partial charge in [-0.1, -0.05) is 0 Å². The monoisotopic (exact) mass is 275 g/mol. The Morgan fingerprint density at radius 3 is 2.85 bits per heavy atom. The summed E-state index contributed by atoms with van der Waals surface area (Å²) in [5.74, 6) is 0.372. The Morgan fingerprint density at radius 2 is 2.15 bits per heavy atom. The third-order valence-corrected chi connectivity index (χ3v) is 3.76. The average Bonchev–Trinajstić information content (AvgIpc) is 2.85. The van der Waals surface area contributed by atoms with Gasteiger partial charge in [-0.15, -0.1) is 0 Å². The zero-order valence-corrected chi connectivity index (χ0v) is 11.5. The molecule has 2 heterocycles. The molecule has 0 aromatic heterocycles. The second-order valence-corrected chi connectivity index (χ2v) is 5.40. The summed E-state index contributed by atoms with van der Waals surface area (Å²) in [5, 5.41) is 2.76. The summed E-state index contributed by atoms with van der Waals surface area (Å²) < 4.78 is 10.9. The molecule has 0 spiro atoms. The van der Waals surface area contributed by atoms with E-state index in [0.29, 0.717) is 23.6 Å². The minimum atomic E-state index is -0.506. The van der Waals surface area contributed by atoms with E-state index in [4.69, 9.17) is 9.47 Å². The molecule has 0 bridgehead atoms. The fourth-order valence-corrected chi connectivity index (χ4v) is 2.60. The zero-order chi connectivity index (χ0) is 14.3. The van der Waals surface area contributed by atoms with Gasteiger partial charge < -0.3 is 14.8 Å². The molecule has 5 heteroatoms. The fourth-order valence-electron chi connectivity index (χ4n) is 2.60. The van der Waals surface area contributed by atoms with Crippen molar-refractivity contribution in [3.8, 4) is 5.75 Å². The number of ether oxygens (including phenoxy) is 2. The van der Waals surface area contributed by atoms with E-state index in [0.717, 1.165) is 6.42 Å². The maximum Gasteiger partial charge on any atom is 0.265 e. The molecule has 2 aliphatic heterocycles. The molecule has 1 aromatic carbocycles. The van der Waals surface area contributed by atoms with Crippen LogP contribution in [0.5, 0.6) is 5.75 Å². The normalized spacial score (nSPS) is 28.5. The van der Waals surface area contributed by atoms with Gasteiger partial charge in [0.05, 0.1) is 18.4 Å². The molecule has 2 aliphatic rings. The van der Waals surface area contributed by atoms with Gasteiger partial charge in [-0.25, -0.2) is 0 Å². The van der Waals surface area contributed by atoms with Crippen LogP contribution in [0.4, 0.5) is 5.69 Å². The summed E-state index contributed by atoms with van der Waals surface area (Å²) in [6.45, 7) is 4.13. The van der Waals surface area contributed by atoms with Gasteiger partial charge in [0.25, 0.3) is 5.91 Å². The maximum atomic E-state index is 12.4. The van der Waals surface area contributed by atoms with Crippen molar-refractivity contribution >= 4 is 17.4 Å². The molecule has 3 atom stereocenters. The SMILES string of the molecule is CC1CC(C(=O)c2ccc3c(c2)NC(=O)C(C)O3)CO1. The summed E-state index contributed by atoms with van der Waals surface area (Å²) in [6, 6.07) is 5.16. The molecule has 1 fully saturated rings. The highest BCUT2D eigenvalue weighted by Crippen LogP contribution is 2.32. The average molecular weight is 275 g/mol. The van der Waals surface area contributed by atoms with Gasteiger partial charge in [0.1, 0.15) is 5.75 Å². The Labute approximate surface area is 117 Å². The number of carbonyl (C=O) groups is 2. The highest BCUT2D eigenvalue weighted by molar-refractivity contribution is 6.02. The third kappa shape index (κ3) is 2.29. The van der Waals surface area contributed by atoms with E-state index < -0.39 is 6.10 Å². The summed E-state index contributed by atoms with van der Waals surface area (Å²) in [5.41, 5.74) is 1.15. The molecule has 1 N–H and O–H groups in total. The molecule has 20 heavy (non-hydrogen) atoms. The van der Waals surface area contributed by atoms with E-state index >= 15 is 0 Å². The van der Waals surface area contributed by atoms with Gasteiger partial charge in [-0.2, -0.15) is 0 Å². The van der Waals surface area contributed by atoms with Gasteiger partial charge >= 0.3 is 0 Å². The molecule has 3 rings (SSSR count). The number of benzene rings is 1. The van der Waals surface area contributed by atoms with Gasteiger partial charge in [0.2, 0.25) is 0 Å². The number of hydrogen-bond donors (Lipinski definition) is 1. The lowest BCUT2D eigenvalue weighted by molar-refractivity contribution is -0.122. The molecule has 0 saturated carbocycles. The number of hydrogen-bond acceptors (Lipinski definition) is 4. The highest BCUT2D eigenvalue weighted by atomic mass is 16.5. The number of Topliss-reactive ketones (excluding diaryl/α,β-unsaturated/α-hetero) is 1. The molecule has 0 aliphatic carbocycles. The summed E-state index contributed by atoms with van der Waals surface area (Å²) >= 11 is 0. The van der Waals surface area contributed by atoms with Gasteiger partial charge in [-0.05, 0) is 38.5 Å². The number of ketones is 1. The van der Waals surface area contributed by atoms with Crippen LogP contribution in [-0.4, -0.2) is 30.5 Å². The molecule has 1 amide bonds. The van der Waals surface area contributed by atoms with E-state index in [1.165, 1.54) is 0 Å². The van der Waals surface area contributed by atoms with Crippen molar-refractivity contribution in [2.45, 2.75) is 32.5 Å². The zero-order valence-electron chi connectivity index (χ0n) is 11.5. The number of fused-ring (bicyclic) bond motifs is 1. The van der Waals surface area contributed by atoms with E-state index in [2.05, 4.69) is 5.32 Å². The lowest BCUT2D eigenvalue weighted by Crippen LogP contribution is -2.34. The number of nitrogens with one attached hydrogen (secondary N) is 1. The number of amides is 1. The van der Waals surface area contributed by atoms with Crippen molar-refractivity contribution in [2.24, 2.45) is 5.92 Å². The van der Waals surface area contributed by atoms with Crippen LogP contribution < -0.4 is 10.1 Å². The first kappa shape index (κ1) is 13.1. The van der Waals surface area contributed by atoms with Crippen LogP contribution in [0.1, 0.15) is 30.6 Å². The minimum absolute atomic E-state index is 0.0602. The van der Waals surface area contributed by atoms with Crippen LogP contribution in [0.25, 0.3) is 0 Å². The number of carbonyl (C=O) groups excluding carboxylic acids is 2. The Hall–Kier alpha value is -1.88. The van der Waals surface area contributed by atoms with Gasteiger partial charge in [0, 0.05) is 11.5 Å². The molecule has 106 valence electrons. The molecule has 0 radical (unpaired) electrons. The fraction of sp³-hybridized carbons (Fsp3) is 0.467. The predicted molar refractivity (Wildman–Crippen MR) is 73.0 cm³/mol. The van der Waals surface area contributed by atoms with Crippen LogP contribution >= 0.6 is 0 Å². The van der Waals surface area contributed by atoms with Crippen molar-refractivity contribution < 1.29 is 19.1 Å². The quantitative estimate of drug-likeness (QED) is 0.839.